The van der Waals surface area contributed by atoms with Crippen LogP contribution in [0.4, 0.5) is 13.2 Å². The maximum Gasteiger partial charge on any atom is 0.416 e. The smallest absolute Gasteiger partial charge is 0.338 e. The topological polar surface area (TPSA) is 64.9 Å². The fraction of sp³-hybridized carbons (Fsp3) is 0.429. The molecule has 1 aromatic carbocycles. The Kier molecular flexibility index (Phi) is 4.62. The first-order chi connectivity index (χ1) is 9.90. The molecule has 0 amide bonds. The maximum atomic E-state index is 12.6. The third-order valence-electron chi connectivity index (χ3n) is 3.02. The lowest BCUT2D eigenvalue weighted by Gasteiger charge is -2.07. The number of aromatic nitrogens is 2. The van der Waals surface area contributed by atoms with Crippen molar-refractivity contribution in [2.24, 2.45) is 5.73 Å². The number of alkyl halides is 3. The molecule has 0 aliphatic rings. The maximum absolute atomic E-state index is 12.6. The van der Waals surface area contributed by atoms with E-state index >= 15 is 0 Å². The average molecular weight is 299 g/mol. The number of benzene rings is 1. The predicted molar refractivity (Wildman–Crippen MR) is 70.4 cm³/mol. The second kappa shape index (κ2) is 6.26. The SMILES string of the molecule is CCCC(N)c1nc(Cc2cccc(C(F)(F)F)c2)no1. The summed E-state index contributed by atoms with van der Waals surface area (Å²) in [6.45, 7) is 1.99. The van der Waals surface area contributed by atoms with Gasteiger partial charge in [-0.3, -0.25) is 0 Å². The van der Waals surface area contributed by atoms with Gasteiger partial charge in [-0.25, -0.2) is 0 Å². The number of rotatable bonds is 5. The lowest BCUT2D eigenvalue weighted by atomic mass is 10.1. The van der Waals surface area contributed by atoms with Crippen molar-refractivity contribution in [3.8, 4) is 0 Å². The van der Waals surface area contributed by atoms with E-state index < -0.39 is 11.7 Å². The van der Waals surface area contributed by atoms with Crippen LogP contribution in [-0.2, 0) is 12.6 Å². The summed E-state index contributed by atoms with van der Waals surface area (Å²) in [4.78, 5) is 4.13. The van der Waals surface area contributed by atoms with E-state index in [9.17, 15) is 13.2 Å². The molecule has 0 bridgehead atoms. The van der Waals surface area contributed by atoms with E-state index in [1.54, 1.807) is 6.07 Å². The molecule has 1 heterocycles. The number of halogens is 3. The van der Waals surface area contributed by atoms with Crippen LogP contribution in [0.25, 0.3) is 0 Å². The monoisotopic (exact) mass is 299 g/mol. The molecule has 0 radical (unpaired) electrons. The zero-order valence-electron chi connectivity index (χ0n) is 11.5. The van der Waals surface area contributed by atoms with Crippen molar-refractivity contribution in [1.82, 2.24) is 10.1 Å². The van der Waals surface area contributed by atoms with Crippen LogP contribution in [0.15, 0.2) is 28.8 Å². The minimum atomic E-state index is -4.36. The van der Waals surface area contributed by atoms with Crippen molar-refractivity contribution >= 4 is 0 Å². The first-order valence-corrected chi connectivity index (χ1v) is 6.64. The van der Waals surface area contributed by atoms with Crippen LogP contribution in [0, 0.1) is 0 Å². The first-order valence-electron chi connectivity index (χ1n) is 6.64. The molecule has 2 aromatic rings. The summed E-state index contributed by atoms with van der Waals surface area (Å²) < 4.78 is 42.9. The minimum Gasteiger partial charge on any atom is -0.338 e. The normalized spacial score (nSPS) is 13.4. The van der Waals surface area contributed by atoms with Crippen LogP contribution in [0.3, 0.4) is 0 Å². The summed E-state index contributed by atoms with van der Waals surface area (Å²) in [5.74, 6) is 0.648. The van der Waals surface area contributed by atoms with E-state index in [1.165, 1.54) is 6.07 Å². The van der Waals surface area contributed by atoms with E-state index in [-0.39, 0.29) is 12.5 Å². The van der Waals surface area contributed by atoms with Gasteiger partial charge in [0.1, 0.15) is 0 Å². The molecule has 0 aliphatic carbocycles. The Hall–Kier alpha value is -1.89. The molecule has 2 rings (SSSR count). The summed E-state index contributed by atoms with van der Waals surface area (Å²) in [6, 6.07) is 4.74. The van der Waals surface area contributed by atoms with E-state index in [1.807, 2.05) is 6.92 Å². The van der Waals surface area contributed by atoms with Crippen LogP contribution in [0.1, 0.15) is 48.6 Å². The number of hydrogen-bond acceptors (Lipinski definition) is 4. The summed E-state index contributed by atoms with van der Waals surface area (Å²) in [5.41, 5.74) is 5.63. The summed E-state index contributed by atoms with van der Waals surface area (Å²) in [7, 11) is 0. The molecule has 0 aliphatic heterocycles. The summed E-state index contributed by atoms with van der Waals surface area (Å²) in [6.07, 6.45) is -2.59. The summed E-state index contributed by atoms with van der Waals surface area (Å²) in [5, 5.41) is 3.76. The molecule has 1 aromatic heterocycles. The Morgan fingerprint density at radius 3 is 2.76 bits per heavy atom. The van der Waals surface area contributed by atoms with E-state index in [0.29, 0.717) is 23.7 Å². The van der Waals surface area contributed by atoms with Gasteiger partial charge >= 0.3 is 6.18 Å². The molecule has 4 nitrogen and oxygen atoms in total. The van der Waals surface area contributed by atoms with Gasteiger partial charge in [0, 0.05) is 6.42 Å². The number of nitrogens with zero attached hydrogens (tertiary/aromatic N) is 2. The molecule has 0 saturated carbocycles. The van der Waals surface area contributed by atoms with Crippen molar-refractivity contribution in [2.45, 2.75) is 38.4 Å². The number of hydrogen-bond donors (Lipinski definition) is 1. The highest BCUT2D eigenvalue weighted by Gasteiger charge is 2.30. The molecule has 114 valence electrons. The fourth-order valence-corrected chi connectivity index (χ4v) is 1.96. The third kappa shape index (κ3) is 4.04. The highest BCUT2D eigenvalue weighted by Crippen LogP contribution is 2.29. The van der Waals surface area contributed by atoms with Crippen LogP contribution in [-0.4, -0.2) is 10.1 Å². The van der Waals surface area contributed by atoms with Gasteiger partial charge in [-0.1, -0.05) is 36.7 Å². The third-order valence-corrected chi connectivity index (χ3v) is 3.02. The Balaban J connectivity index is 2.12. The molecule has 2 N–H and O–H groups in total. The zero-order valence-corrected chi connectivity index (χ0v) is 11.5. The van der Waals surface area contributed by atoms with Crippen LogP contribution >= 0.6 is 0 Å². The Labute approximate surface area is 120 Å². The van der Waals surface area contributed by atoms with Gasteiger partial charge in [-0.05, 0) is 18.1 Å². The highest BCUT2D eigenvalue weighted by atomic mass is 19.4. The number of nitrogens with two attached hydrogens (primary N) is 1. The lowest BCUT2D eigenvalue weighted by Crippen LogP contribution is -2.10. The van der Waals surface area contributed by atoms with Crippen molar-refractivity contribution in [3.05, 3.63) is 47.1 Å². The summed E-state index contributed by atoms with van der Waals surface area (Å²) >= 11 is 0. The van der Waals surface area contributed by atoms with Gasteiger partial charge in [0.15, 0.2) is 5.82 Å². The largest absolute Gasteiger partial charge is 0.416 e. The highest BCUT2D eigenvalue weighted by molar-refractivity contribution is 5.27. The lowest BCUT2D eigenvalue weighted by molar-refractivity contribution is -0.137. The van der Waals surface area contributed by atoms with Gasteiger partial charge in [0.25, 0.3) is 0 Å². The zero-order chi connectivity index (χ0) is 15.5. The quantitative estimate of drug-likeness (QED) is 0.918. The van der Waals surface area contributed by atoms with Crippen molar-refractivity contribution in [1.29, 1.82) is 0 Å². The standard InChI is InChI=1S/C14H16F3N3O/c1-2-4-11(18)13-19-12(20-21-13)8-9-5-3-6-10(7-9)14(15,16)17/h3,5-7,11H,2,4,8,18H2,1H3. The van der Waals surface area contributed by atoms with Gasteiger partial charge in [-0.2, -0.15) is 18.2 Å². The molecule has 7 heteroatoms. The average Bonchev–Trinajstić information content (AvgIpc) is 2.87. The molecule has 21 heavy (non-hydrogen) atoms. The Morgan fingerprint density at radius 1 is 1.33 bits per heavy atom. The van der Waals surface area contributed by atoms with Gasteiger partial charge < -0.3 is 10.3 Å². The molecule has 0 fully saturated rings. The molecule has 0 spiro atoms. The van der Waals surface area contributed by atoms with E-state index in [0.717, 1.165) is 18.6 Å². The molecular weight excluding hydrogens is 283 g/mol. The first kappa shape index (κ1) is 15.5. The molecule has 1 atom stereocenters. The van der Waals surface area contributed by atoms with E-state index in [2.05, 4.69) is 10.1 Å². The van der Waals surface area contributed by atoms with Gasteiger partial charge in [0.05, 0.1) is 11.6 Å². The van der Waals surface area contributed by atoms with Crippen LogP contribution in [0.2, 0.25) is 0 Å². The Bertz CT molecular complexity index is 595. The van der Waals surface area contributed by atoms with Crippen molar-refractivity contribution in [3.63, 3.8) is 0 Å². The Morgan fingerprint density at radius 2 is 2.10 bits per heavy atom. The second-order valence-corrected chi connectivity index (χ2v) is 4.82. The van der Waals surface area contributed by atoms with Crippen molar-refractivity contribution < 1.29 is 17.7 Å². The second-order valence-electron chi connectivity index (χ2n) is 4.82. The molecule has 1 unspecified atom stereocenters. The minimum absolute atomic E-state index is 0.173. The van der Waals surface area contributed by atoms with Crippen LogP contribution < -0.4 is 5.73 Å². The van der Waals surface area contributed by atoms with Gasteiger partial charge in [0.2, 0.25) is 5.89 Å². The van der Waals surface area contributed by atoms with Crippen molar-refractivity contribution in [2.75, 3.05) is 0 Å². The van der Waals surface area contributed by atoms with Crippen LogP contribution in [0.5, 0.6) is 0 Å². The molecule has 0 saturated heterocycles. The van der Waals surface area contributed by atoms with E-state index in [4.69, 9.17) is 10.3 Å². The fourth-order valence-electron chi connectivity index (χ4n) is 1.96. The predicted octanol–water partition coefficient (Wildman–Crippen LogP) is 3.48. The molecular formula is C14H16F3N3O. The van der Waals surface area contributed by atoms with Gasteiger partial charge in [-0.15, -0.1) is 0 Å².